The lowest BCUT2D eigenvalue weighted by Crippen LogP contribution is -2.50. The summed E-state index contributed by atoms with van der Waals surface area (Å²) in [4.78, 5) is 20.6. The first kappa shape index (κ1) is 37.1. The number of hydrogen-bond donors (Lipinski definition) is 1. The van der Waals surface area contributed by atoms with Gasteiger partial charge in [0.2, 0.25) is 5.91 Å². The lowest BCUT2D eigenvalue weighted by Gasteiger charge is -2.37. The molecule has 6 aromatic rings. The average Bonchev–Trinajstić information content (AvgIpc) is 3.24. The number of carbonyl (C=O) groups is 1. The number of pyridine rings is 1. The van der Waals surface area contributed by atoms with E-state index in [1.54, 1.807) is 18.3 Å². The number of aromatic nitrogens is 1. The molecule has 0 radical (unpaired) electrons. The Morgan fingerprint density at radius 3 is 2.34 bits per heavy atom. The van der Waals surface area contributed by atoms with E-state index in [0.29, 0.717) is 72.8 Å². The van der Waals surface area contributed by atoms with Crippen molar-refractivity contribution >= 4 is 29.1 Å². The summed E-state index contributed by atoms with van der Waals surface area (Å²) in [7, 11) is 0. The molecule has 2 unspecified atom stereocenters. The Morgan fingerprint density at radius 2 is 1.61 bits per heavy atom. The molecule has 5 aromatic carbocycles. The molecule has 280 valence electrons. The molecular formula is C46H38Cl2N4O4. The van der Waals surface area contributed by atoms with Crippen LogP contribution in [-0.4, -0.2) is 35.0 Å². The molecule has 2 aliphatic rings. The van der Waals surface area contributed by atoms with Gasteiger partial charge in [-0.3, -0.25) is 14.7 Å². The maximum atomic E-state index is 13.9. The van der Waals surface area contributed by atoms with E-state index >= 15 is 0 Å². The van der Waals surface area contributed by atoms with E-state index in [1.165, 1.54) is 0 Å². The van der Waals surface area contributed by atoms with E-state index in [0.717, 1.165) is 50.4 Å². The standard InChI is InChI=1S/C46H38Cl2N4O4/c47-40-17-8-32(21-41(40)48)28-54-39-15-13-35(14-16-39)45-29-55-43-23-36-22-42(52(26-37(36)24-44(43)56-45)27-38-3-1-2-19-50-38)46(53)51-20-18-30-4-9-33(10-5-30)34-11-6-31(25-49)7-12-34/h1-17,19,21,23-24,42,45H,18,20,22,26-29H2,(H,51,53). The number of amides is 1. The minimum atomic E-state index is -0.379. The molecule has 0 spiro atoms. The summed E-state index contributed by atoms with van der Waals surface area (Å²) in [5, 5.41) is 13.3. The van der Waals surface area contributed by atoms with E-state index in [4.69, 9.17) is 42.7 Å². The van der Waals surface area contributed by atoms with Crippen LogP contribution in [0.2, 0.25) is 10.0 Å². The number of benzene rings is 5. The Hall–Kier alpha value is -5.85. The zero-order chi connectivity index (χ0) is 38.4. The van der Waals surface area contributed by atoms with Crippen LogP contribution in [-0.2, 0) is 37.3 Å². The van der Waals surface area contributed by atoms with Crippen LogP contribution in [0.25, 0.3) is 11.1 Å². The largest absolute Gasteiger partial charge is 0.489 e. The summed E-state index contributed by atoms with van der Waals surface area (Å²) >= 11 is 12.2. The van der Waals surface area contributed by atoms with Gasteiger partial charge in [0.05, 0.1) is 33.4 Å². The van der Waals surface area contributed by atoms with Crippen molar-refractivity contribution in [1.29, 1.82) is 5.26 Å². The van der Waals surface area contributed by atoms with Crippen molar-refractivity contribution in [2.24, 2.45) is 0 Å². The van der Waals surface area contributed by atoms with Crippen LogP contribution in [0.15, 0.2) is 128 Å². The number of fused-ring (bicyclic) bond motifs is 2. The highest BCUT2D eigenvalue weighted by Crippen LogP contribution is 2.41. The quantitative estimate of drug-likeness (QED) is 0.140. The van der Waals surface area contributed by atoms with Crippen molar-refractivity contribution in [3.05, 3.63) is 177 Å². The van der Waals surface area contributed by atoms with Crippen LogP contribution in [0.1, 0.15) is 45.2 Å². The molecule has 3 heterocycles. The minimum absolute atomic E-state index is 0.0138. The van der Waals surface area contributed by atoms with Gasteiger partial charge < -0.3 is 19.5 Å². The van der Waals surface area contributed by atoms with Crippen molar-refractivity contribution in [2.45, 2.75) is 44.7 Å². The third-order valence-corrected chi connectivity index (χ3v) is 10.9. The molecule has 1 N–H and O–H groups in total. The Bertz CT molecular complexity index is 2370. The van der Waals surface area contributed by atoms with E-state index < -0.39 is 0 Å². The number of ether oxygens (including phenoxy) is 3. The van der Waals surface area contributed by atoms with E-state index in [2.05, 4.69) is 51.6 Å². The van der Waals surface area contributed by atoms with Gasteiger partial charge in [-0.25, -0.2) is 0 Å². The summed E-state index contributed by atoms with van der Waals surface area (Å²) in [6.45, 7) is 2.34. The molecule has 10 heteroatoms. The Balaban J connectivity index is 0.915. The predicted molar refractivity (Wildman–Crippen MR) is 217 cm³/mol. The highest BCUT2D eigenvalue weighted by atomic mass is 35.5. The summed E-state index contributed by atoms with van der Waals surface area (Å²) in [6, 6.07) is 40.9. The number of carbonyl (C=O) groups excluding carboxylic acids is 1. The maximum absolute atomic E-state index is 13.9. The first-order valence-electron chi connectivity index (χ1n) is 18.5. The van der Waals surface area contributed by atoms with Crippen LogP contribution in [0.4, 0.5) is 0 Å². The molecular weight excluding hydrogens is 743 g/mol. The van der Waals surface area contributed by atoms with E-state index in [9.17, 15) is 4.79 Å². The fourth-order valence-corrected chi connectivity index (χ4v) is 7.44. The summed E-state index contributed by atoms with van der Waals surface area (Å²) in [5.41, 5.74) is 8.89. The van der Waals surface area contributed by atoms with Crippen molar-refractivity contribution in [3.8, 4) is 34.4 Å². The van der Waals surface area contributed by atoms with Gasteiger partial charge in [0.25, 0.3) is 0 Å². The van der Waals surface area contributed by atoms with Gasteiger partial charge >= 0.3 is 0 Å². The number of nitrogens with zero attached hydrogens (tertiary/aromatic N) is 3. The summed E-state index contributed by atoms with van der Waals surface area (Å²) < 4.78 is 18.8. The Kier molecular flexibility index (Phi) is 11.2. The Labute approximate surface area is 336 Å². The zero-order valence-corrected chi connectivity index (χ0v) is 32.0. The SMILES string of the molecule is N#Cc1ccc(-c2ccc(CCNC(=O)C3Cc4cc5c(cc4CN3Cc3ccccn3)OC(c3ccc(OCc4ccc(Cl)c(Cl)c4)cc3)CO5)cc2)cc1. The average molecular weight is 782 g/mol. The van der Waals surface area contributed by atoms with E-state index in [1.807, 2.05) is 78.9 Å². The smallest absolute Gasteiger partial charge is 0.237 e. The first-order valence-corrected chi connectivity index (χ1v) is 19.3. The van der Waals surface area contributed by atoms with Gasteiger partial charge in [0.1, 0.15) is 19.0 Å². The summed E-state index contributed by atoms with van der Waals surface area (Å²) in [5.74, 6) is 2.08. The molecule has 2 aliphatic heterocycles. The third kappa shape index (κ3) is 8.66. The molecule has 56 heavy (non-hydrogen) atoms. The Morgan fingerprint density at radius 1 is 0.857 bits per heavy atom. The normalized spacial score (nSPS) is 16.0. The molecule has 0 saturated carbocycles. The second-order valence-corrected chi connectivity index (χ2v) is 14.8. The molecule has 1 aromatic heterocycles. The monoisotopic (exact) mass is 780 g/mol. The fraction of sp³-hybridized carbons (Fsp3) is 0.196. The number of nitriles is 1. The zero-order valence-electron chi connectivity index (χ0n) is 30.5. The minimum Gasteiger partial charge on any atom is -0.489 e. The van der Waals surface area contributed by atoms with Gasteiger partial charge in [-0.05, 0) is 112 Å². The third-order valence-electron chi connectivity index (χ3n) is 10.2. The van der Waals surface area contributed by atoms with Gasteiger partial charge in [-0.15, -0.1) is 0 Å². The maximum Gasteiger partial charge on any atom is 0.237 e. The molecule has 0 aliphatic carbocycles. The first-order chi connectivity index (χ1) is 27.4. The highest BCUT2D eigenvalue weighted by molar-refractivity contribution is 6.42. The number of nitrogens with one attached hydrogen (secondary N) is 1. The molecule has 8 rings (SSSR count). The van der Waals surface area contributed by atoms with Crippen LogP contribution in [0.3, 0.4) is 0 Å². The van der Waals surface area contributed by atoms with Crippen molar-refractivity contribution in [1.82, 2.24) is 15.2 Å². The van der Waals surface area contributed by atoms with Crippen LogP contribution in [0.5, 0.6) is 17.2 Å². The number of rotatable bonds is 11. The molecule has 1 amide bonds. The second-order valence-electron chi connectivity index (χ2n) is 14.0. The fourth-order valence-electron chi connectivity index (χ4n) is 7.12. The number of halogens is 2. The van der Waals surface area contributed by atoms with Crippen LogP contribution >= 0.6 is 23.2 Å². The van der Waals surface area contributed by atoms with Gasteiger partial charge in [-0.2, -0.15) is 5.26 Å². The van der Waals surface area contributed by atoms with Crippen molar-refractivity contribution in [3.63, 3.8) is 0 Å². The molecule has 0 fully saturated rings. The van der Waals surface area contributed by atoms with Crippen LogP contribution < -0.4 is 19.5 Å². The topological polar surface area (TPSA) is 96.7 Å². The van der Waals surface area contributed by atoms with Crippen molar-refractivity contribution in [2.75, 3.05) is 13.2 Å². The van der Waals surface area contributed by atoms with E-state index in [-0.39, 0.29) is 18.1 Å². The molecule has 8 nitrogen and oxygen atoms in total. The lowest BCUT2D eigenvalue weighted by molar-refractivity contribution is -0.127. The highest BCUT2D eigenvalue weighted by Gasteiger charge is 2.34. The van der Waals surface area contributed by atoms with Gasteiger partial charge in [0.15, 0.2) is 17.6 Å². The molecule has 2 atom stereocenters. The lowest BCUT2D eigenvalue weighted by atomic mass is 9.92. The molecule has 0 saturated heterocycles. The van der Waals surface area contributed by atoms with Crippen molar-refractivity contribution < 1.29 is 19.0 Å². The van der Waals surface area contributed by atoms with Crippen LogP contribution in [0, 0.1) is 11.3 Å². The van der Waals surface area contributed by atoms with Gasteiger partial charge in [-0.1, -0.05) is 83.9 Å². The second kappa shape index (κ2) is 16.9. The van der Waals surface area contributed by atoms with Gasteiger partial charge in [0, 0.05) is 25.8 Å². The summed E-state index contributed by atoms with van der Waals surface area (Å²) in [6.07, 6.45) is 2.74. The predicted octanol–water partition coefficient (Wildman–Crippen LogP) is 9.30. The molecule has 0 bridgehead atoms. The number of hydrogen-bond acceptors (Lipinski definition) is 7.